The summed E-state index contributed by atoms with van der Waals surface area (Å²) in [5.74, 6) is 0.734. The number of nitrogens with zero attached hydrogens (tertiary/aromatic N) is 4. The molecule has 1 N–H and O–H groups in total. The first kappa shape index (κ1) is 20.1. The van der Waals surface area contributed by atoms with Gasteiger partial charge < -0.3 is 4.90 Å². The highest BCUT2D eigenvalue weighted by molar-refractivity contribution is 8.00. The van der Waals surface area contributed by atoms with Crippen LogP contribution in [-0.4, -0.2) is 41.8 Å². The highest BCUT2D eigenvalue weighted by atomic mass is 32.2. The van der Waals surface area contributed by atoms with E-state index in [2.05, 4.69) is 40.9 Å². The van der Waals surface area contributed by atoms with Crippen molar-refractivity contribution >= 4 is 17.7 Å². The van der Waals surface area contributed by atoms with Crippen molar-refractivity contribution in [1.29, 1.82) is 0 Å². The minimum absolute atomic E-state index is 0.0663. The number of thioether (sulfide) groups is 1. The van der Waals surface area contributed by atoms with E-state index < -0.39 is 0 Å². The minimum Gasteiger partial charge on any atom is -0.333 e. The van der Waals surface area contributed by atoms with Gasteiger partial charge in [0, 0.05) is 30.0 Å². The fourth-order valence-electron chi connectivity index (χ4n) is 2.78. The van der Waals surface area contributed by atoms with Gasteiger partial charge in [-0.1, -0.05) is 42.1 Å². The zero-order chi connectivity index (χ0) is 20.1. The van der Waals surface area contributed by atoms with Crippen LogP contribution in [0.15, 0.2) is 60.0 Å². The lowest BCUT2D eigenvalue weighted by molar-refractivity contribution is -0.135. The molecule has 1 atom stereocenters. The Bertz CT molecular complexity index is 905. The molecule has 0 aliphatic carbocycles. The number of benzene rings is 1. The number of hydrogen-bond acceptors (Lipinski definition) is 5. The Morgan fingerprint density at radius 3 is 2.46 bits per heavy atom. The van der Waals surface area contributed by atoms with Crippen LogP contribution >= 0.6 is 11.8 Å². The summed E-state index contributed by atoms with van der Waals surface area (Å²) >= 11 is 1.36. The molecular formula is C21H25N5OS. The molecule has 146 valence electrons. The van der Waals surface area contributed by atoms with E-state index in [0.29, 0.717) is 17.5 Å². The minimum atomic E-state index is -0.302. The normalized spacial score (nSPS) is 12.6. The summed E-state index contributed by atoms with van der Waals surface area (Å²) in [6.45, 7) is 8.64. The number of carbonyl (C=O) groups excluding carboxylic acids is 1. The molecule has 0 aliphatic heterocycles. The van der Waals surface area contributed by atoms with Crippen molar-refractivity contribution in [3.05, 3.63) is 60.4 Å². The van der Waals surface area contributed by atoms with Gasteiger partial charge in [-0.25, -0.2) is 4.98 Å². The van der Waals surface area contributed by atoms with Crippen LogP contribution in [0, 0.1) is 0 Å². The van der Waals surface area contributed by atoms with Crippen LogP contribution in [0.3, 0.4) is 0 Å². The molecule has 0 saturated heterocycles. The van der Waals surface area contributed by atoms with E-state index >= 15 is 0 Å². The number of carbonyl (C=O) groups is 1. The molecule has 2 heterocycles. The van der Waals surface area contributed by atoms with Crippen molar-refractivity contribution in [3.8, 4) is 11.4 Å². The van der Waals surface area contributed by atoms with E-state index in [4.69, 9.17) is 0 Å². The molecule has 6 nitrogen and oxygen atoms in total. The lowest BCUT2D eigenvalue weighted by Gasteiger charge is -2.37. The third-order valence-corrected chi connectivity index (χ3v) is 5.26. The maximum atomic E-state index is 13.2. The fraction of sp³-hybridized carbons (Fsp3) is 0.333. The Morgan fingerprint density at radius 2 is 1.82 bits per heavy atom. The number of nitrogens with one attached hydrogen (secondary N) is 1. The van der Waals surface area contributed by atoms with Crippen LogP contribution in [0.2, 0.25) is 0 Å². The zero-order valence-corrected chi connectivity index (χ0v) is 17.4. The third kappa shape index (κ3) is 4.98. The number of pyridine rings is 1. The molecule has 1 amide bonds. The molecular weight excluding hydrogens is 370 g/mol. The van der Waals surface area contributed by atoms with Crippen LogP contribution in [-0.2, 0) is 11.3 Å². The highest BCUT2D eigenvalue weighted by Gasteiger charge is 2.31. The average molecular weight is 396 g/mol. The SMILES string of the molecule is C[C@@H](Sc1n[nH]c(-c2ccncc2)n1)C(=O)N(Cc1ccccc1)C(C)(C)C. The summed E-state index contributed by atoms with van der Waals surface area (Å²) in [6, 6.07) is 13.8. The van der Waals surface area contributed by atoms with Gasteiger partial charge in [-0.15, -0.1) is 5.10 Å². The summed E-state index contributed by atoms with van der Waals surface area (Å²) in [7, 11) is 0. The van der Waals surface area contributed by atoms with Crippen molar-refractivity contribution in [2.45, 2.75) is 50.2 Å². The van der Waals surface area contributed by atoms with Crippen LogP contribution in [0.25, 0.3) is 11.4 Å². The Kier molecular flexibility index (Phi) is 6.14. The van der Waals surface area contributed by atoms with E-state index in [9.17, 15) is 4.79 Å². The third-order valence-electron chi connectivity index (χ3n) is 4.31. The predicted octanol–water partition coefficient (Wildman–Crippen LogP) is 4.17. The first-order valence-corrected chi connectivity index (χ1v) is 10.1. The van der Waals surface area contributed by atoms with E-state index in [1.54, 1.807) is 12.4 Å². The van der Waals surface area contributed by atoms with Gasteiger partial charge in [0.1, 0.15) is 0 Å². The molecule has 0 aliphatic rings. The molecule has 3 rings (SSSR count). The quantitative estimate of drug-likeness (QED) is 0.634. The summed E-state index contributed by atoms with van der Waals surface area (Å²) in [5, 5.41) is 7.44. The summed E-state index contributed by atoms with van der Waals surface area (Å²) in [5.41, 5.74) is 1.73. The van der Waals surface area contributed by atoms with Gasteiger partial charge >= 0.3 is 0 Å². The smallest absolute Gasteiger partial charge is 0.236 e. The van der Waals surface area contributed by atoms with Crippen LogP contribution in [0.1, 0.15) is 33.3 Å². The average Bonchev–Trinajstić information content (AvgIpc) is 3.14. The second-order valence-corrected chi connectivity index (χ2v) is 8.85. The Labute approximate surface area is 169 Å². The number of aromatic nitrogens is 4. The lowest BCUT2D eigenvalue weighted by atomic mass is 10.0. The number of aromatic amines is 1. The van der Waals surface area contributed by atoms with E-state index in [-0.39, 0.29) is 16.7 Å². The van der Waals surface area contributed by atoms with E-state index in [1.165, 1.54) is 11.8 Å². The molecule has 28 heavy (non-hydrogen) atoms. The Morgan fingerprint density at radius 1 is 1.14 bits per heavy atom. The fourth-order valence-corrected chi connectivity index (χ4v) is 3.56. The molecule has 0 unspecified atom stereocenters. The van der Waals surface area contributed by atoms with Gasteiger partial charge in [0.05, 0.1) is 5.25 Å². The first-order valence-electron chi connectivity index (χ1n) is 9.19. The largest absolute Gasteiger partial charge is 0.333 e. The molecule has 0 saturated carbocycles. The summed E-state index contributed by atoms with van der Waals surface area (Å²) < 4.78 is 0. The maximum absolute atomic E-state index is 13.2. The maximum Gasteiger partial charge on any atom is 0.236 e. The monoisotopic (exact) mass is 395 g/mol. The van der Waals surface area contributed by atoms with Gasteiger partial charge in [0.25, 0.3) is 0 Å². The molecule has 0 bridgehead atoms. The summed E-state index contributed by atoms with van der Waals surface area (Å²) in [4.78, 5) is 23.6. The van der Waals surface area contributed by atoms with Crippen LogP contribution in [0.5, 0.6) is 0 Å². The molecule has 0 fully saturated rings. The second-order valence-electron chi connectivity index (χ2n) is 7.54. The number of hydrogen-bond donors (Lipinski definition) is 1. The molecule has 3 aromatic rings. The molecule has 0 spiro atoms. The van der Waals surface area contributed by atoms with Gasteiger partial charge in [-0.3, -0.25) is 14.9 Å². The van der Waals surface area contributed by atoms with Gasteiger partial charge in [0.15, 0.2) is 5.82 Å². The van der Waals surface area contributed by atoms with Gasteiger partial charge in [-0.05, 0) is 45.4 Å². The van der Waals surface area contributed by atoms with Gasteiger partial charge in [-0.2, -0.15) is 0 Å². The number of H-pyrrole nitrogens is 1. The zero-order valence-electron chi connectivity index (χ0n) is 16.6. The van der Waals surface area contributed by atoms with E-state index in [0.717, 1.165) is 11.1 Å². The van der Waals surface area contributed by atoms with Crippen molar-refractivity contribution in [3.63, 3.8) is 0 Å². The Hall–Kier alpha value is -2.67. The topological polar surface area (TPSA) is 74.8 Å². The first-order chi connectivity index (χ1) is 13.3. The van der Waals surface area contributed by atoms with Crippen molar-refractivity contribution in [2.24, 2.45) is 0 Å². The molecule has 0 radical (unpaired) electrons. The highest BCUT2D eigenvalue weighted by Crippen LogP contribution is 2.27. The summed E-state index contributed by atoms with van der Waals surface area (Å²) in [6.07, 6.45) is 3.42. The van der Waals surface area contributed by atoms with Gasteiger partial charge in [0.2, 0.25) is 11.1 Å². The standard InChI is InChI=1S/C21H25N5OS/c1-15(28-20-23-18(24-25-20)17-10-12-22-13-11-17)19(27)26(21(2,3)4)14-16-8-6-5-7-9-16/h5-13,15H,14H2,1-4H3,(H,23,24,25)/t15-/m1/s1. The van der Waals surface area contributed by atoms with E-state index in [1.807, 2.05) is 54.3 Å². The number of amides is 1. The van der Waals surface area contributed by atoms with Crippen molar-refractivity contribution in [2.75, 3.05) is 0 Å². The molecule has 1 aromatic carbocycles. The number of rotatable bonds is 6. The Balaban J connectivity index is 1.72. The van der Waals surface area contributed by atoms with Crippen LogP contribution in [0.4, 0.5) is 0 Å². The lowest BCUT2D eigenvalue weighted by Crippen LogP contribution is -2.48. The molecule has 2 aromatic heterocycles. The predicted molar refractivity (Wildman–Crippen MR) is 112 cm³/mol. The molecule has 7 heteroatoms. The van der Waals surface area contributed by atoms with Crippen molar-refractivity contribution < 1.29 is 4.79 Å². The van der Waals surface area contributed by atoms with Crippen LogP contribution < -0.4 is 0 Å². The second kappa shape index (κ2) is 8.56. The van der Waals surface area contributed by atoms with Crippen molar-refractivity contribution in [1.82, 2.24) is 25.1 Å².